The van der Waals surface area contributed by atoms with Crippen LogP contribution in [0.15, 0.2) is 12.3 Å². The molecule has 1 aromatic heterocycles. The summed E-state index contributed by atoms with van der Waals surface area (Å²) in [5.74, 6) is 0. The zero-order valence-electron chi connectivity index (χ0n) is 10.0. The molecular formula is C11H20N4S. The smallest absolute Gasteiger partial charge is 0.0740 e. The highest BCUT2D eigenvalue weighted by Gasteiger charge is 2.05. The molecule has 4 nitrogen and oxygen atoms in total. The Balaban J connectivity index is 2.34. The van der Waals surface area contributed by atoms with Crippen molar-refractivity contribution < 1.29 is 0 Å². The molecule has 1 aromatic rings. The number of nitrogens with two attached hydrogens (primary N) is 1. The Labute approximate surface area is 102 Å². The zero-order chi connectivity index (χ0) is 12.0. The third-order valence-corrected chi connectivity index (χ3v) is 2.93. The molecule has 0 amide bonds. The standard InChI is InChI=1S/C11H20N4S/c1-3-15(9-6-11(12)16)8-5-10-4-7-13-14(10)2/h4,7H,3,5-6,8-9H2,1-2H3,(H2,12,16). The Hall–Kier alpha value is -0.940. The van der Waals surface area contributed by atoms with E-state index in [2.05, 4.69) is 23.0 Å². The minimum atomic E-state index is 0.596. The maximum Gasteiger partial charge on any atom is 0.0740 e. The molecule has 16 heavy (non-hydrogen) atoms. The van der Waals surface area contributed by atoms with E-state index in [0.717, 1.165) is 32.5 Å². The van der Waals surface area contributed by atoms with Crippen LogP contribution in [0, 0.1) is 0 Å². The van der Waals surface area contributed by atoms with Crippen LogP contribution in [0.5, 0.6) is 0 Å². The maximum atomic E-state index is 5.50. The fourth-order valence-corrected chi connectivity index (χ4v) is 1.71. The lowest BCUT2D eigenvalue weighted by atomic mass is 10.2. The highest BCUT2D eigenvalue weighted by Crippen LogP contribution is 2.00. The number of thiocarbonyl (C=S) groups is 1. The molecule has 0 aromatic carbocycles. The van der Waals surface area contributed by atoms with Gasteiger partial charge in [-0.3, -0.25) is 4.68 Å². The van der Waals surface area contributed by atoms with Crippen molar-refractivity contribution in [1.82, 2.24) is 14.7 Å². The second-order valence-electron chi connectivity index (χ2n) is 3.85. The van der Waals surface area contributed by atoms with Crippen molar-refractivity contribution in [3.05, 3.63) is 18.0 Å². The van der Waals surface area contributed by atoms with Crippen LogP contribution in [-0.4, -0.2) is 39.3 Å². The quantitative estimate of drug-likeness (QED) is 0.721. The van der Waals surface area contributed by atoms with Crippen molar-refractivity contribution >= 4 is 17.2 Å². The van der Waals surface area contributed by atoms with Crippen LogP contribution in [0.3, 0.4) is 0 Å². The van der Waals surface area contributed by atoms with E-state index < -0.39 is 0 Å². The number of aryl methyl sites for hydroxylation is 1. The maximum absolute atomic E-state index is 5.50. The molecular weight excluding hydrogens is 220 g/mol. The van der Waals surface area contributed by atoms with Crippen LogP contribution in [0.4, 0.5) is 0 Å². The van der Waals surface area contributed by atoms with Gasteiger partial charge >= 0.3 is 0 Å². The number of hydrogen-bond acceptors (Lipinski definition) is 3. The number of hydrogen-bond donors (Lipinski definition) is 1. The van der Waals surface area contributed by atoms with E-state index in [0.29, 0.717) is 4.99 Å². The fourth-order valence-electron chi connectivity index (χ4n) is 1.62. The highest BCUT2D eigenvalue weighted by atomic mass is 32.1. The predicted octanol–water partition coefficient (Wildman–Crippen LogP) is 0.961. The normalized spacial score (nSPS) is 10.9. The molecule has 0 radical (unpaired) electrons. The van der Waals surface area contributed by atoms with Gasteiger partial charge in [-0.1, -0.05) is 19.1 Å². The van der Waals surface area contributed by atoms with Crippen LogP contribution in [0.1, 0.15) is 19.0 Å². The molecule has 0 saturated carbocycles. The van der Waals surface area contributed by atoms with Gasteiger partial charge in [-0.15, -0.1) is 0 Å². The van der Waals surface area contributed by atoms with Crippen LogP contribution < -0.4 is 5.73 Å². The van der Waals surface area contributed by atoms with Gasteiger partial charge in [0.2, 0.25) is 0 Å². The van der Waals surface area contributed by atoms with Crippen molar-refractivity contribution in [2.45, 2.75) is 19.8 Å². The van der Waals surface area contributed by atoms with Gasteiger partial charge < -0.3 is 10.6 Å². The van der Waals surface area contributed by atoms with Crippen LogP contribution in [-0.2, 0) is 13.5 Å². The van der Waals surface area contributed by atoms with Gasteiger partial charge in [0, 0.05) is 44.9 Å². The summed E-state index contributed by atoms with van der Waals surface area (Å²) in [6.45, 7) is 5.16. The molecule has 90 valence electrons. The molecule has 0 aliphatic rings. The Kier molecular flexibility index (Phi) is 5.42. The minimum absolute atomic E-state index is 0.596. The van der Waals surface area contributed by atoms with Crippen molar-refractivity contribution in [1.29, 1.82) is 0 Å². The van der Waals surface area contributed by atoms with E-state index in [1.54, 1.807) is 0 Å². The second-order valence-corrected chi connectivity index (χ2v) is 4.37. The summed E-state index contributed by atoms with van der Waals surface area (Å²) in [7, 11) is 1.97. The van der Waals surface area contributed by atoms with Gasteiger partial charge in [0.05, 0.1) is 4.99 Å². The minimum Gasteiger partial charge on any atom is -0.393 e. The Morgan fingerprint density at radius 1 is 1.56 bits per heavy atom. The largest absolute Gasteiger partial charge is 0.393 e. The SMILES string of the molecule is CCN(CCC(N)=S)CCc1ccnn1C. The lowest BCUT2D eigenvalue weighted by molar-refractivity contribution is 0.298. The first-order valence-corrected chi connectivity index (χ1v) is 6.01. The van der Waals surface area contributed by atoms with E-state index >= 15 is 0 Å². The average Bonchev–Trinajstić information content (AvgIpc) is 2.64. The lowest BCUT2D eigenvalue weighted by Crippen LogP contribution is -2.29. The van der Waals surface area contributed by atoms with Gasteiger partial charge in [-0.05, 0) is 12.6 Å². The van der Waals surface area contributed by atoms with Crippen LogP contribution in [0.25, 0.3) is 0 Å². The number of rotatable bonds is 7. The van der Waals surface area contributed by atoms with E-state index in [1.165, 1.54) is 5.69 Å². The number of likely N-dealkylation sites (N-methyl/N-ethyl adjacent to an activating group) is 1. The third kappa shape index (κ3) is 4.28. The molecule has 0 spiro atoms. The average molecular weight is 240 g/mol. The van der Waals surface area contributed by atoms with Crippen molar-refractivity contribution in [3.63, 3.8) is 0 Å². The molecule has 0 bridgehead atoms. The van der Waals surface area contributed by atoms with Gasteiger partial charge in [0.25, 0.3) is 0 Å². The first-order valence-electron chi connectivity index (χ1n) is 5.61. The van der Waals surface area contributed by atoms with Crippen molar-refractivity contribution in [3.8, 4) is 0 Å². The molecule has 0 aliphatic carbocycles. The molecule has 2 N–H and O–H groups in total. The molecule has 0 saturated heterocycles. The topological polar surface area (TPSA) is 47.1 Å². The monoisotopic (exact) mass is 240 g/mol. The molecule has 1 rings (SSSR count). The molecule has 0 atom stereocenters. The Morgan fingerprint density at radius 3 is 2.81 bits per heavy atom. The summed E-state index contributed by atoms with van der Waals surface area (Å²) in [5, 5.41) is 4.15. The first-order chi connectivity index (χ1) is 7.63. The number of nitrogens with zero attached hydrogens (tertiary/aromatic N) is 3. The summed E-state index contributed by atoms with van der Waals surface area (Å²) < 4.78 is 1.92. The van der Waals surface area contributed by atoms with Gasteiger partial charge in [0.15, 0.2) is 0 Å². The molecule has 0 unspecified atom stereocenters. The van der Waals surface area contributed by atoms with E-state index in [9.17, 15) is 0 Å². The van der Waals surface area contributed by atoms with Gasteiger partial charge in [-0.2, -0.15) is 5.10 Å². The van der Waals surface area contributed by atoms with E-state index in [4.69, 9.17) is 18.0 Å². The lowest BCUT2D eigenvalue weighted by Gasteiger charge is -2.19. The van der Waals surface area contributed by atoms with Gasteiger partial charge in [-0.25, -0.2) is 0 Å². The van der Waals surface area contributed by atoms with Crippen LogP contribution in [0.2, 0.25) is 0 Å². The fraction of sp³-hybridized carbons (Fsp3) is 0.636. The Morgan fingerprint density at radius 2 is 2.31 bits per heavy atom. The summed E-state index contributed by atoms with van der Waals surface area (Å²) in [6, 6.07) is 2.06. The van der Waals surface area contributed by atoms with E-state index in [-0.39, 0.29) is 0 Å². The predicted molar refractivity (Wildman–Crippen MR) is 70.4 cm³/mol. The Bertz CT molecular complexity index is 334. The van der Waals surface area contributed by atoms with Crippen molar-refractivity contribution in [2.75, 3.05) is 19.6 Å². The number of aromatic nitrogens is 2. The summed E-state index contributed by atoms with van der Waals surface area (Å²) in [4.78, 5) is 2.95. The summed E-state index contributed by atoms with van der Waals surface area (Å²) in [6.07, 6.45) is 3.65. The molecule has 0 fully saturated rings. The third-order valence-electron chi connectivity index (χ3n) is 2.73. The summed E-state index contributed by atoms with van der Waals surface area (Å²) >= 11 is 4.88. The molecule has 0 aliphatic heterocycles. The van der Waals surface area contributed by atoms with Crippen molar-refractivity contribution in [2.24, 2.45) is 12.8 Å². The van der Waals surface area contributed by atoms with Gasteiger partial charge in [0.1, 0.15) is 0 Å². The summed E-state index contributed by atoms with van der Waals surface area (Å²) in [5.41, 5.74) is 6.76. The van der Waals surface area contributed by atoms with E-state index in [1.807, 2.05) is 17.9 Å². The zero-order valence-corrected chi connectivity index (χ0v) is 10.8. The second kappa shape index (κ2) is 6.60. The van der Waals surface area contributed by atoms with Crippen LogP contribution >= 0.6 is 12.2 Å². The first kappa shape index (κ1) is 13.1. The highest BCUT2D eigenvalue weighted by molar-refractivity contribution is 7.80. The molecule has 5 heteroatoms. The molecule has 1 heterocycles.